The van der Waals surface area contributed by atoms with Gasteiger partial charge in [0.15, 0.2) is 0 Å². The zero-order valence-corrected chi connectivity index (χ0v) is 14.1. The third-order valence-electron chi connectivity index (χ3n) is 3.48. The van der Waals surface area contributed by atoms with Gasteiger partial charge in [-0.25, -0.2) is 0 Å². The van der Waals surface area contributed by atoms with Crippen LogP contribution in [0.2, 0.25) is 0 Å². The summed E-state index contributed by atoms with van der Waals surface area (Å²) in [6, 6.07) is 14.9. The Hall–Kier alpha value is -1.60. The van der Waals surface area contributed by atoms with Gasteiger partial charge in [0.1, 0.15) is 0 Å². The van der Waals surface area contributed by atoms with E-state index in [1.54, 1.807) is 11.3 Å². The van der Waals surface area contributed by atoms with E-state index < -0.39 is 0 Å². The van der Waals surface area contributed by atoms with E-state index in [0.29, 0.717) is 0 Å². The molecule has 0 unspecified atom stereocenters. The van der Waals surface area contributed by atoms with Crippen LogP contribution >= 0.6 is 38.6 Å². The van der Waals surface area contributed by atoms with Gasteiger partial charge in [0.2, 0.25) is 0 Å². The monoisotopic (exact) mass is 368 g/mol. The Morgan fingerprint density at radius 3 is 2.71 bits per heavy atom. The summed E-state index contributed by atoms with van der Waals surface area (Å²) in [6.45, 7) is 0. The molecular weight excluding hydrogens is 360 g/mol. The second-order valence-electron chi connectivity index (χ2n) is 4.80. The lowest BCUT2D eigenvalue weighted by Gasteiger charge is -1.96. The minimum absolute atomic E-state index is 0.936. The van der Waals surface area contributed by atoms with Crippen molar-refractivity contribution in [3.8, 4) is 22.8 Å². The average Bonchev–Trinajstić information content (AvgIpc) is 3.08. The van der Waals surface area contributed by atoms with Gasteiger partial charge in [0.25, 0.3) is 0 Å². The van der Waals surface area contributed by atoms with E-state index >= 15 is 0 Å². The van der Waals surface area contributed by atoms with Gasteiger partial charge in [-0.05, 0) is 47.9 Å². The fourth-order valence-corrected chi connectivity index (χ4v) is 4.92. The highest BCUT2D eigenvalue weighted by Crippen LogP contribution is 2.40. The molecule has 0 nitrogen and oxygen atoms in total. The topological polar surface area (TPSA) is 0 Å². The van der Waals surface area contributed by atoms with Gasteiger partial charge in [-0.2, -0.15) is 0 Å². The van der Waals surface area contributed by atoms with Crippen molar-refractivity contribution in [3.63, 3.8) is 0 Å². The van der Waals surface area contributed by atoms with E-state index in [2.05, 4.69) is 63.6 Å². The van der Waals surface area contributed by atoms with Crippen LogP contribution in [0.25, 0.3) is 30.6 Å². The Morgan fingerprint density at radius 2 is 1.86 bits per heavy atom. The van der Waals surface area contributed by atoms with Crippen LogP contribution in [0.5, 0.6) is 0 Å². The summed E-state index contributed by atoms with van der Waals surface area (Å²) < 4.78 is 3.70. The molecule has 21 heavy (non-hydrogen) atoms. The van der Waals surface area contributed by atoms with E-state index in [4.69, 9.17) is 6.42 Å². The molecule has 0 aliphatic heterocycles. The first-order chi connectivity index (χ1) is 10.2. The second-order valence-corrected chi connectivity index (χ2v) is 7.71. The van der Waals surface area contributed by atoms with Gasteiger partial charge in [0.05, 0.1) is 0 Å². The molecule has 0 atom stereocenters. The molecule has 0 saturated heterocycles. The Morgan fingerprint density at radius 1 is 1.00 bits per heavy atom. The first-order valence-corrected chi connectivity index (χ1v) is 8.91. The predicted octanol–water partition coefficient (Wildman–Crippen LogP) is 6.53. The van der Waals surface area contributed by atoms with E-state index in [-0.39, 0.29) is 0 Å². The van der Waals surface area contributed by atoms with E-state index in [1.807, 2.05) is 17.4 Å². The summed E-state index contributed by atoms with van der Waals surface area (Å²) in [4.78, 5) is 1.29. The number of terminal acetylenes is 1. The zero-order chi connectivity index (χ0) is 14.4. The molecule has 0 N–H and O–H groups in total. The molecule has 3 heteroatoms. The van der Waals surface area contributed by atoms with Crippen LogP contribution in [0.15, 0.2) is 52.3 Å². The smallest absolute Gasteiger partial charge is 0.0369 e. The molecule has 0 saturated carbocycles. The lowest BCUT2D eigenvalue weighted by Crippen LogP contribution is -1.74. The van der Waals surface area contributed by atoms with Gasteiger partial charge >= 0.3 is 0 Å². The van der Waals surface area contributed by atoms with Crippen molar-refractivity contribution in [2.45, 2.75) is 0 Å². The van der Waals surface area contributed by atoms with E-state index in [9.17, 15) is 0 Å². The minimum Gasteiger partial charge on any atom is -0.143 e. The molecule has 4 aromatic rings. The molecule has 4 rings (SSSR count). The number of hydrogen-bond donors (Lipinski definition) is 0. The highest BCUT2D eigenvalue weighted by atomic mass is 79.9. The van der Waals surface area contributed by atoms with Crippen molar-refractivity contribution < 1.29 is 0 Å². The van der Waals surface area contributed by atoms with Gasteiger partial charge < -0.3 is 0 Å². The van der Waals surface area contributed by atoms with Gasteiger partial charge in [-0.1, -0.05) is 21.9 Å². The largest absolute Gasteiger partial charge is 0.143 e. The molecule has 0 spiro atoms. The maximum absolute atomic E-state index is 5.53. The van der Waals surface area contributed by atoms with Crippen LogP contribution in [0, 0.1) is 12.3 Å². The minimum atomic E-state index is 0.936. The SMILES string of the molecule is C#Cc1ccc2scc(-c3cc4cc(Br)ccc4s3)c2c1. The zero-order valence-electron chi connectivity index (χ0n) is 10.9. The standard InChI is InChI=1S/C18H9BrS2/c1-2-11-3-5-17-14(7-11)15(10-20-17)18-9-12-8-13(19)4-6-16(12)21-18/h1,3-10H. The summed E-state index contributed by atoms with van der Waals surface area (Å²) in [7, 11) is 0. The van der Waals surface area contributed by atoms with E-state index in [0.717, 1.165) is 10.0 Å². The first kappa shape index (κ1) is 13.1. The van der Waals surface area contributed by atoms with Crippen LogP contribution in [0.1, 0.15) is 5.56 Å². The van der Waals surface area contributed by atoms with Crippen molar-refractivity contribution in [2.24, 2.45) is 0 Å². The third kappa shape index (κ3) is 2.20. The maximum atomic E-state index is 5.53. The van der Waals surface area contributed by atoms with Crippen LogP contribution in [-0.2, 0) is 0 Å². The number of thiophene rings is 2. The molecule has 100 valence electrons. The number of fused-ring (bicyclic) bond motifs is 2. The molecule has 0 radical (unpaired) electrons. The Labute approximate surface area is 139 Å². The lowest BCUT2D eigenvalue weighted by molar-refractivity contribution is 1.75. The summed E-state index contributed by atoms with van der Waals surface area (Å²) >= 11 is 7.13. The van der Waals surface area contributed by atoms with Crippen molar-refractivity contribution >= 4 is 58.8 Å². The fraction of sp³-hybridized carbons (Fsp3) is 0. The van der Waals surface area contributed by atoms with Crippen molar-refractivity contribution in [1.29, 1.82) is 0 Å². The molecule has 0 fully saturated rings. The number of benzene rings is 2. The number of halogens is 1. The second kappa shape index (κ2) is 4.99. The fourth-order valence-electron chi connectivity index (χ4n) is 2.46. The van der Waals surface area contributed by atoms with Crippen LogP contribution in [-0.4, -0.2) is 0 Å². The summed E-state index contributed by atoms with van der Waals surface area (Å²) in [5, 5.41) is 4.75. The Balaban J connectivity index is 1.97. The third-order valence-corrected chi connectivity index (χ3v) is 6.09. The quantitative estimate of drug-likeness (QED) is 0.335. The van der Waals surface area contributed by atoms with Crippen molar-refractivity contribution in [1.82, 2.24) is 0 Å². The van der Waals surface area contributed by atoms with Crippen LogP contribution in [0.3, 0.4) is 0 Å². The van der Waals surface area contributed by atoms with Gasteiger partial charge in [0, 0.05) is 40.6 Å². The van der Waals surface area contributed by atoms with Crippen molar-refractivity contribution in [3.05, 3.63) is 57.9 Å². The molecule has 2 aromatic heterocycles. The lowest BCUT2D eigenvalue weighted by atomic mass is 10.1. The molecule has 2 heterocycles. The molecule has 0 aliphatic rings. The number of hydrogen-bond acceptors (Lipinski definition) is 2. The summed E-state index contributed by atoms with van der Waals surface area (Å²) in [5.74, 6) is 2.72. The van der Waals surface area contributed by atoms with Gasteiger partial charge in [-0.3, -0.25) is 0 Å². The number of rotatable bonds is 1. The highest BCUT2D eigenvalue weighted by Gasteiger charge is 2.10. The molecular formula is C18H9BrS2. The Bertz CT molecular complexity index is 1010. The predicted molar refractivity (Wildman–Crippen MR) is 98.3 cm³/mol. The van der Waals surface area contributed by atoms with Crippen LogP contribution in [0.4, 0.5) is 0 Å². The summed E-state index contributed by atoms with van der Waals surface area (Å²) in [6.07, 6.45) is 5.53. The van der Waals surface area contributed by atoms with Crippen molar-refractivity contribution in [2.75, 3.05) is 0 Å². The molecule has 2 aromatic carbocycles. The highest BCUT2D eigenvalue weighted by molar-refractivity contribution is 9.10. The first-order valence-electron chi connectivity index (χ1n) is 6.42. The summed E-state index contributed by atoms with van der Waals surface area (Å²) in [5.41, 5.74) is 2.22. The Kier molecular flexibility index (Phi) is 3.11. The molecule has 0 bridgehead atoms. The van der Waals surface area contributed by atoms with E-state index in [1.165, 1.54) is 30.6 Å². The normalized spacial score (nSPS) is 11.0. The molecule has 0 amide bonds. The van der Waals surface area contributed by atoms with Crippen LogP contribution < -0.4 is 0 Å². The average molecular weight is 369 g/mol. The molecule has 0 aliphatic carbocycles. The van der Waals surface area contributed by atoms with Gasteiger partial charge in [-0.15, -0.1) is 29.1 Å². The maximum Gasteiger partial charge on any atom is 0.0369 e.